The van der Waals surface area contributed by atoms with Gasteiger partial charge in [0.25, 0.3) is 0 Å². The number of rotatable bonds is 1. The summed E-state index contributed by atoms with van der Waals surface area (Å²) in [6.45, 7) is 0.0703. The molecule has 1 fully saturated rings. The first kappa shape index (κ1) is 8.87. The maximum absolute atomic E-state index is 12.6. The van der Waals surface area contributed by atoms with E-state index in [-0.39, 0.29) is 24.1 Å². The Hall–Kier alpha value is -1.71. The predicted molar refractivity (Wildman–Crippen MR) is 47.2 cm³/mol. The van der Waals surface area contributed by atoms with Crippen LogP contribution >= 0.6 is 0 Å². The van der Waals surface area contributed by atoms with Crippen LogP contribution in [0.5, 0.6) is 0 Å². The van der Waals surface area contributed by atoms with Crippen molar-refractivity contribution in [1.82, 2.24) is 5.32 Å². The Balaban J connectivity index is 2.34. The first-order chi connectivity index (χ1) is 6.68. The van der Waals surface area contributed by atoms with Crippen molar-refractivity contribution in [2.24, 2.45) is 0 Å². The summed E-state index contributed by atoms with van der Waals surface area (Å²) in [4.78, 5) is 22.5. The number of hydrogen-bond donors (Lipinski definition) is 1. The number of halogens is 1. The fraction of sp³-hybridized carbons (Fsp3) is 0.200. The molecule has 3 nitrogen and oxygen atoms in total. The van der Waals surface area contributed by atoms with E-state index in [1.807, 2.05) is 0 Å². The second kappa shape index (κ2) is 3.21. The molecule has 0 radical (unpaired) electrons. The lowest BCUT2D eigenvalue weighted by Crippen LogP contribution is -2.18. The van der Waals surface area contributed by atoms with Gasteiger partial charge in [0.05, 0.1) is 6.54 Å². The van der Waals surface area contributed by atoms with Crippen molar-refractivity contribution in [3.8, 4) is 0 Å². The topological polar surface area (TPSA) is 46.2 Å². The molecule has 0 saturated carbocycles. The SMILES string of the molecule is O=C1CNC(=O)C1c1ccc(F)cc1. The number of ketones is 1. The molecule has 0 aliphatic carbocycles. The van der Waals surface area contributed by atoms with Crippen molar-refractivity contribution in [1.29, 1.82) is 0 Å². The third-order valence-electron chi connectivity index (χ3n) is 2.22. The Kier molecular flexibility index (Phi) is 2.04. The maximum atomic E-state index is 12.6. The quantitative estimate of drug-likeness (QED) is 0.664. The number of hydrogen-bond acceptors (Lipinski definition) is 2. The summed E-state index contributed by atoms with van der Waals surface area (Å²) in [7, 11) is 0. The average molecular weight is 193 g/mol. The number of nitrogens with one attached hydrogen (secondary N) is 1. The highest BCUT2D eigenvalue weighted by Gasteiger charge is 2.33. The lowest BCUT2D eigenvalue weighted by atomic mass is 9.97. The molecule has 2 rings (SSSR count). The van der Waals surface area contributed by atoms with Gasteiger partial charge in [-0.25, -0.2) is 4.39 Å². The van der Waals surface area contributed by atoms with E-state index in [1.54, 1.807) is 0 Å². The van der Waals surface area contributed by atoms with Gasteiger partial charge < -0.3 is 5.32 Å². The van der Waals surface area contributed by atoms with Crippen molar-refractivity contribution in [2.45, 2.75) is 5.92 Å². The molecule has 4 heteroatoms. The molecule has 1 saturated heterocycles. The van der Waals surface area contributed by atoms with Crippen LogP contribution in [0, 0.1) is 5.82 Å². The number of benzene rings is 1. The van der Waals surface area contributed by atoms with Crippen LogP contribution in [0.2, 0.25) is 0 Å². The highest BCUT2D eigenvalue weighted by molar-refractivity contribution is 6.13. The first-order valence-electron chi connectivity index (χ1n) is 4.24. The minimum absolute atomic E-state index is 0.0703. The van der Waals surface area contributed by atoms with Gasteiger partial charge in [-0.05, 0) is 17.7 Å². The highest BCUT2D eigenvalue weighted by Crippen LogP contribution is 2.20. The normalized spacial score (nSPS) is 21.1. The molecule has 0 bridgehead atoms. The molecule has 1 heterocycles. The van der Waals surface area contributed by atoms with Crippen molar-refractivity contribution in [3.05, 3.63) is 35.6 Å². The first-order valence-corrected chi connectivity index (χ1v) is 4.24. The third-order valence-corrected chi connectivity index (χ3v) is 2.22. The molecule has 1 atom stereocenters. The van der Waals surface area contributed by atoms with Crippen LogP contribution in [0.1, 0.15) is 11.5 Å². The Morgan fingerprint density at radius 2 is 1.86 bits per heavy atom. The number of Topliss-reactive ketones (excluding diaryl/α,β-unsaturated/α-hetero) is 1. The van der Waals surface area contributed by atoms with Gasteiger partial charge in [0.15, 0.2) is 5.78 Å². The minimum Gasteiger partial charge on any atom is -0.348 e. The van der Waals surface area contributed by atoms with Gasteiger partial charge in [-0.1, -0.05) is 12.1 Å². The monoisotopic (exact) mass is 193 g/mol. The summed E-state index contributed by atoms with van der Waals surface area (Å²) in [6, 6.07) is 5.41. The van der Waals surface area contributed by atoms with Crippen LogP contribution in [0.3, 0.4) is 0 Å². The van der Waals surface area contributed by atoms with Gasteiger partial charge in [-0.2, -0.15) is 0 Å². The van der Waals surface area contributed by atoms with Crippen molar-refractivity contribution >= 4 is 11.7 Å². The molecule has 0 aromatic heterocycles. The van der Waals surface area contributed by atoms with Crippen LogP contribution in [0.4, 0.5) is 4.39 Å². The zero-order chi connectivity index (χ0) is 10.1. The molecule has 1 aliphatic rings. The van der Waals surface area contributed by atoms with E-state index in [2.05, 4.69) is 5.32 Å². The van der Waals surface area contributed by atoms with E-state index in [9.17, 15) is 14.0 Å². The molecule has 0 spiro atoms. The predicted octanol–water partition coefficient (Wildman–Crippen LogP) is 0.608. The van der Waals surface area contributed by atoms with Crippen LogP contribution in [0.15, 0.2) is 24.3 Å². The zero-order valence-electron chi connectivity index (χ0n) is 7.29. The molecular weight excluding hydrogens is 185 g/mol. The lowest BCUT2D eigenvalue weighted by molar-refractivity contribution is -0.124. The Morgan fingerprint density at radius 1 is 1.21 bits per heavy atom. The van der Waals surface area contributed by atoms with Gasteiger partial charge in [0.1, 0.15) is 11.7 Å². The second-order valence-corrected chi connectivity index (χ2v) is 3.17. The summed E-state index contributed by atoms with van der Waals surface area (Å²) in [5, 5.41) is 2.45. The molecule has 1 aliphatic heterocycles. The number of carbonyl (C=O) groups is 2. The molecule has 1 aromatic rings. The Bertz CT molecular complexity index is 370. The summed E-state index contributed by atoms with van der Waals surface area (Å²) >= 11 is 0. The highest BCUT2D eigenvalue weighted by atomic mass is 19.1. The van der Waals surface area contributed by atoms with Crippen LogP contribution in [-0.2, 0) is 9.59 Å². The molecule has 14 heavy (non-hydrogen) atoms. The van der Waals surface area contributed by atoms with E-state index in [1.165, 1.54) is 24.3 Å². The fourth-order valence-corrected chi connectivity index (χ4v) is 1.52. The van der Waals surface area contributed by atoms with E-state index < -0.39 is 5.92 Å². The van der Waals surface area contributed by atoms with E-state index >= 15 is 0 Å². The zero-order valence-corrected chi connectivity index (χ0v) is 7.29. The molecular formula is C10H8FNO2. The van der Waals surface area contributed by atoms with Gasteiger partial charge in [-0.15, -0.1) is 0 Å². The number of carbonyl (C=O) groups excluding carboxylic acids is 2. The number of amides is 1. The smallest absolute Gasteiger partial charge is 0.235 e. The van der Waals surface area contributed by atoms with Gasteiger partial charge in [-0.3, -0.25) is 9.59 Å². The Morgan fingerprint density at radius 3 is 2.36 bits per heavy atom. The van der Waals surface area contributed by atoms with E-state index in [4.69, 9.17) is 0 Å². The minimum atomic E-state index is -0.754. The van der Waals surface area contributed by atoms with Crippen LogP contribution in [0.25, 0.3) is 0 Å². The summed E-state index contributed by atoms with van der Waals surface area (Å²) in [5.74, 6) is -1.60. The lowest BCUT2D eigenvalue weighted by Gasteiger charge is -2.04. The summed E-state index contributed by atoms with van der Waals surface area (Å²) in [5.41, 5.74) is 0.548. The van der Waals surface area contributed by atoms with Crippen molar-refractivity contribution in [3.63, 3.8) is 0 Å². The molecule has 1 aromatic carbocycles. The fourth-order valence-electron chi connectivity index (χ4n) is 1.52. The van der Waals surface area contributed by atoms with Crippen LogP contribution in [-0.4, -0.2) is 18.2 Å². The van der Waals surface area contributed by atoms with Gasteiger partial charge in [0.2, 0.25) is 5.91 Å². The largest absolute Gasteiger partial charge is 0.348 e. The maximum Gasteiger partial charge on any atom is 0.235 e. The van der Waals surface area contributed by atoms with Gasteiger partial charge in [0, 0.05) is 0 Å². The van der Waals surface area contributed by atoms with E-state index in [0.29, 0.717) is 5.56 Å². The average Bonchev–Trinajstić information content (AvgIpc) is 2.49. The molecule has 1 N–H and O–H groups in total. The Labute approximate surface area is 79.9 Å². The summed E-state index contributed by atoms with van der Waals surface area (Å²) in [6.07, 6.45) is 0. The van der Waals surface area contributed by atoms with Gasteiger partial charge >= 0.3 is 0 Å². The standard InChI is InChI=1S/C10H8FNO2/c11-7-3-1-6(2-4-7)9-8(13)5-12-10(9)14/h1-4,9H,5H2,(H,12,14). The molecule has 72 valence electrons. The third kappa shape index (κ3) is 1.39. The second-order valence-electron chi connectivity index (χ2n) is 3.17. The molecule has 1 unspecified atom stereocenters. The molecule has 1 amide bonds. The summed E-state index contributed by atoms with van der Waals surface area (Å²) < 4.78 is 12.6. The van der Waals surface area contributed by atoms with E-state index in [0.717, 1.165) is 0 Å². The van der Waals surface area contributed by atoms with Crippen molar-refractivity contribution < 1.29 is 14.0 Å². The van der Waals surface area contributed by atoms with Crippen LogP contribution < -0.4 is 5.32 Å². The van der Waals surface area contributed by atoms with Crippen molar-refractivity contribution in [2.75, 3.05) is 6.54 Å².